The zero-order valence-electron chi connectivity index (χ0n) is 16.2. The lowest BCUT2D eigenvalue weighted by Crippen LogP contribution is -2.26. The van der Waals surface area contributed by atoms with Crippen LogP contribution in [0.25, 0.3) is 16.5 Å². The Morgan fingerprint density at radius 3 is 2.65 bits per heavy atom. The summed E-state index contributed by atoms with van der Waals surface area (Å²) in [7, 11) is 0. The highest BCUT2D eigenvalue weighted by Crippen LogP contribution is 2.31. The van der Waals surface area contributed by atoms with Crippen LogP contribution in [0.2, 0.25) is 0 Å². The molecular weight excluding hydrogens is 423 g/mol. The minimum Gasteiger partial charge on any atom is -0.461 e. The highest BCUT2D eigenvalue weighted by Gasteiger charge is 2.24. The van der Waals surface area contributed by atoms with E-state index in [4.69, 9.17) is 4.74 Å². The predicted octanol–water partition coefficient (Wildman–Crippen LogP) is 3.41. The van der Waals surface area contributed by atoms with Gasteiger partial charge in [0, 0.05) is 28.7 Å². The van der Waals surface area contributed by atoms with Crippen LogP contribution in [0.3, 0.4) is 0 Å². The summed E-state index contributed by atoms with van der Waals surface area (Å²) in [5, 5.41) is 8.74. The topological polar surface area (TPSA) is 103 Å². The van der Waals surface area contributed by atoms with Crippen molar-refractivity contribution >= 4 is 39.0 Å². The number of carbonyl (C=O) groups is 2. The van der Waals surface area contributed by atoms with Crippen molar-refractivity contribution in [3.8, 4) is 5.69 Å². The molecule has 0 unspecified atom stereocenters. The minimum absolute atomic E-state index is 0.0358. The molecule has 3 aromatic heterocycles. The Hall–Kier alpha value is -3.92. The molecule has 1 amide bonds. The van der Waals surface area contributed by atoms with Gasteiger partial charge in [0.25, 0.3) is 11.5 Å². The third-order valence-corrected chi connectivity index (χ3v) is 5.27. The number of aromatic nitrogens is 3. The molecule has 0 atom stereocenters. The fourth-order valence-corrected chi connectivity index (χ4v) is 3.89. The van der Waals surface area contributed by atoms with Gasteiger partial charge in [-0.05, 0) is 31.2 Å². The number of nitrogens with one attached hydrogen (secondary N) is 1. The molecule has 1 N–H and O–H groups in total. The lowest BCUT2D eigenvalue weighted by molar-refractivity contribution is 0.0519. The van der Waals surface area contributed by atoms with E-state index in [0.717, 1.165) is 16.0 Å². The molecule has 0 saturated carbocycles. The van der Waals surface area contributed by atoms with Crippen molar-refractivity contribution in [2.45, 2.75) is 6.92 Å². The van der Waals surface area contributed by atoms with Gasteiger partial charge >= 0.3 is 5.97 Å². The number of nitrogens with zero attached hydrogens (tertiary/aromatic N) is 3. The molecular formula is C21H15FN4O4S. The normalized spacial score (nSPS) is 10.8. The lowest BCUT2D eigenvalue weighted by Gasteiger charge is -2.10. The number of benzene rings is 1. The summed E-state index contributed by atoms with van der Waals surface area (Å²) in [5.74, 6) is -1.91. The first kappa shape index (κ1) is 20.4. The highest BCUT2D eigenvalue weighted by atomic mass is 32.1. The number of anilines is 1. The van der Waals surface area contributed by atoms with Crippen molar-refractivity contribution in [3.05, 3.63) is 81.6 Å². The Morgan fingerprint density at radius 2 is 1.94 bits per heavy atom. The number of carbonyl (C=O) groups excluding carboxylic acids is 2. The predicted molar refractivity (Wildman–Crippen MR) is 113 cm³/mol. The highest BCUT2D eigenvalue weighted by molar-refractivity contribution is 7.16. The van der Waals surface area contributed by atoms with E-state index in [0.29, 0.717) is 5.56 Å². The van der Waals surface area contributed by atoms with Gasteiger partial charge in [-0.25, -0.2) is 9.18 Å². The van der Waals surface area contributed by atoms with Gasteiger partial charge in [-0.3, -0.25) is 14.6 Å². The quantitative estimate of drug-likeness (QED) is 0.479. The van der Waals surface area contributed by atoms with Crippen molar-refractivity contribution in [1.82, 2.24) is 14.8 Å². The largest absolute Gasteiger partial charge is 0.461 e. The van der Waals surface area contributed by atoms with Gasteiger partial charge in [0.2, 0.25) is 0 Å². The average molecular weight is 438 g/mol. The maximum Gasteiger partial charge on any atom is 0.359 e. The summed E-state index contributed by atoms with van der Waals surface area (Å²) in [6, 6.07) is 8.60. The Balaban J connectivity index is 1.92. The molecule has 0 spiro atoms. The monoisotopic (exact) mass is 438 g/mol. The summed E-state index contributed by atoms with van der Waals surface area (Å²) in [6.07, 6.45) is 2.94. The molecule has 0 aliphatic heterocycles. The van der Waals surface area contributed by atoms with Gasteiger partial charge in [0.15, 0.2) is 5.69 Å². The van der Waals surface area contributed by atoms with Crippen LogP contribution >= 0.6 is 11.3 Å². The molecule has 31 heavy (non-hydrogen) atoms. The van der Waals surface area contributed by atoms with Crippen molar-refractivity contribution < 1.29 is 18.7 Å². The van der Waals surface area contributed by atoms with Gasteiger partial charge in [-0.1, -0.05) is 12.1 Å². The summed E-state index contributed by atoms with van der Waals surface area (Å²) >= 11 is 1.06. The Morgan fingerprint density at radius 1 is 1.19 bits per heavy atom. The maximum atomic E-state index is 14.4. The SMILES string of the molecule is CCOC(=O)c1nn(-c2ccccc2F)c(=O)c2c(NC(=O)c3ccncc3)scc12. The van der Waals surface area contributed by atoms with Crippen LogP contribution in [-0.2, 0) is 4.74 Å². The smallest absolute Gasteiger partial charge is 0.359 e. The van der Waals surface area contributed by atoms with E-state index in [1.807, 2.05) is 0 Å². The number of esters is 1. The van der Waals surface area contributed by atoms with E-state index in [-0.39, 0.29) is 33.8 Å². The van der Waals surface area contributed by atoms with Crippen molar-refractivity contribution in [2.75, 3.05) is 11.9 Å². The molecule has 0 bridgehead atoms. The second-order valence-corrected chi connectivity index (χ2v) is 7.16. The summed E-state index contributed by atoms with van der Waals surface area (Å²) in [6.45, 7) is 1.73. The molecule has 1 aromatic carbocycles. The number of fused-ring (bicyclic) bond motifs is 1. The second kappa shape index (κ2) is 8.44. The van der Waals surface area contributed by atoms with Crippen molar-refractivity contribution in [1.29, 1.82) is 0 Å². The zero-order valence-corrected chi connectivity index (χ0v) is 17.0. The first-order valence-electron chi connectivity index (χ1n) is 9.19. The third-order valence-electron chi connectivity index (χ3n) is 4.37. The molecule has 8 nitrogen and oxygen atoms in total. The van der Waals surface area contributed by atoms with E-state index >= 15 is 0 Å². The van der Waals surface area contributed by atoms with Gasteiger partial charge in [-0.15, -0.1) is 11.3 Å². The van der Waals surface area contributed by atoms with E-state index in [2.05, 4.69) is 15.4 Å². The molecule has 0 radical (unpaired) electrons. The molecule has 0 saturated heterocycles. The summed E-state index contributed by atoms with van der Waals surface area (Å²) in [5.41, 5.74) is -0.622. The second-order valence-electron chi connectivity index (χ2n) is 6.28. The number of rotatable bonds is 5. The molecule has 156 valence electrons. The fourth-order valence-electron chi connectivity index (χ4n) is 2.96. The Bertz CT molecular complexity index is 1350. The lowest BCUT2D eigenvalue weighted by atomic mass is 10.2. The molecule has 0 aliphatic carbocycles. The molecule has 0 aliphatic rings. The van der Waals surface area contributed by atoms with Crippen LogP contribution < -0.4 is 10.9 Å². The standard InChI is InChI=1S/C21H15FN4O4S/c1-2-30-21(29)17-13-11-31-19(24-18(27)12-7-9-23-10-8-12)16(13)20(28)26(25-17)15-6-4-3-5-14(15)22/h3-11H,2H2,1H3,(H,24,27). The third kappa shape index (κ3) is 3.80. The number of hydrogen-bond acceptors (Lipinski definition) is 7. The summed E-state index contributed by atoms with van der Waals surface area (Å²) in [4.78, 5) is 42.2. The minimum atomic E-state index is -0.762. The van der Waals surface area contributed by atoms with Crippen LogP contribution in [0.15, 0.2) is 59.0 Å². The number of para-hydroxylation sites is 1. The molecule has 4 aromatic rings. The number of halogens is 1. The van der Waals surface area contributed by atoms with Crippen LogP contribution in [0.1, 0.15) is 27.8 Å². The van der Waals surface area contributed by atoms with Gasteiger partial charge in [0.1, 0.15) is 16.5 Å². The number of ether oxygens (including phenoxy) is 1. The van der Waals surface area contributed by atoms with Crippen LogP contribution in [-0.4, -0.2) is 33.2 Å². The fraction of sp³-hybridized carbons (Fsp3) is 0.0952. The average Bonchev–Trinajstić information content (AvgIpc) is 3.19. The van der Waals surface area contributed by atoms with Crippen LogP contribution in [0.5, 0.6) is 0 Å². The van der Waals surface area contributed by atoms with Crippen LogP contribution in [0.4, 0.5) is 9.39 Å². The van der Waals surface area contributed by atoms with Crippen LogP contribution in [0, 0.1) is 5.82 Å². The van der Waals surface area contributed by atoms with E-state index in [1.165, 1.54) is 48.1 Å². The maximum absolute atomic E-state index is 14.4. The molecule has 3 heterocycles. The zero-order chi connectivity index (χ0) is 22.0. The molecule has 0 fully saturated rings. The first-order valence-corrected chi connectivity index (χ1v) is 10.1. The first-order chi connectivity index (χ1) is 15.0. The number of pyridine rings is 1. The van der Waals surface area contributed by atoms with Gasteiger partial charge in [0.05, 0.1) is 12.0 Å². The van der Waals surface area contributed by atoms with E-state index < -0.39 is 23.3 Å². The summed E-state index contributed by atoms with van der Waals surface area (Å²) < 4.78 is 20.3. The van der Waals surface area contributed by atoms with Gasteiger partial charge in [-0.2, -0.15) is 9.78 Å². The Labute approximate surface area is 178 Å². The number of thiophene rings is 1. The number of amides is 1. The van der Waals surface area contributed by atoms with E-state index in [9.17, 15) is 18.8 Å². The number of hydrogen-bond donors (Lipinski definition) is 1. The molecule has 4 rings (SSSR count). The van der Waals surface area contributed by atoms with E-state index in [1.54, 1.807) is 13.0 Å². The molecule has 10 heteroatoms. The Kier molecular flexibility index (Phi) is 5.54. The van der Waals surface area contributed by atoms with Crippen molar-refractivity contribution in [2.24, 2.45) is 0 Å². The van der Waals surface area contributed by atoms with Gasteiger partial charge < -0.3 is 10.1 Å². The van der Waals surface area contributed by atoms with Crippen molar-refractivity contribution in [3.63, 3.8) is 0 Å².